The second-order valence-corrected chi connectivity index (χ2v) is 19.4. The number of rotatable bonds is 29. The molecule has 0 amide bonds. The highest BCUT2D eigenvalue weighted by atomic mass is 17.2. The Balaban J connectivity index is 1.45. The zero-order chi connectivity index (χ0) is 45.9. The lowest BCUT2D eigenvalue weighted by Gasteiger charge is -2.47. The molecule has 10 heteroatoms. The molecule has 356 valence electrons. The van der Waals surface area contributed by atoms with Crippen molar-refractivity contribution in [3.05, 3.63) is 28.8 Å². The molecule has 62 heavy (non-hydrogen) atoms. The molecule has 0 radical (unpaired) electrons. The first-order valence-corrected chi connectivity index (χ1v) is 25.1. The molecule has 10 nitrogen and oxygen atoms in total. The van der Waals surface area contributed by atoms with Crippen LogP contribution in [0.25, 0.3) is 0 Å². The fraction of sp³-hybridized carbons (Fsp3) is 0.827. The highest BCUT2D eigenvalue weighted by Crippen LogP contribution is 2.48. The summed E-state index contributed by atoms with van der Waals surface area (Å²) in [5.41, 5.74) is -0.474. The molecule has 0 bridgehead atoms. The second kappa shape index (κ2) is 27.1. The molecule has 2 fully saturated rings. The molecule has 0 aromatic heterocycles. The molecule has 2 heterocycles. The summed E-state index contributed by atoms with van der Waals surface area (Å²) < 4.78 is 13.4. The van der Waals surface area contributed by atoms with Gasteiger partial charge in [0.2, 0.25) is 0 Å². The summed E-state index contributed by atoms with van der Waals surface area (Å²) in [5.74, 6) is -3.11. The zero-order valence-electron chi connectivity index (χ0n) is 40.4. The smallest absolute Gasteiger partial charge is 0.390 e. The lowest BCUT2D eigenvalue weighted by molar-refractivity contribution is -0.234. The normalized spacial score (nSPS) is 25.9. The summed E-state index contributed by atoms with van der Waals surface area (Å²) >= 11 is 0. The predicted octanol–water partition coefficient (Wildman–Crippen LogP) is 12.0. The summed E-state index contributed by atoms with van der Waals surface area (Å²) in [4.78, 5) is 49.7. The lowest BCUT2D eigenvalue weighted by Crippen LogP contribution is -2.55. The molecule has 3 N–H and O–H groups in total. The van der Waals surface area contributed by atoms with Gasteiger partial charge in [-0.15, -0.1) is 0 Å². The second-order valence-electron chi connectivity index (χ2n) is 19.4. The Kier molecular flexibility index (Phi) is 23.5. The molecule has 0 unspecified atom stereocenters. The molecule has 2 aliphatic rings. The largest absolute Gasteiger partial charge is 0.507 e. The van der Waals surface area contributed by atoms with Crippen LogP contribution in [0.15, 0.2) is 12.1 Å². The van der Waals surface area contributed by atoms with E-state index in [2.05, 4.69) is 20.8 Å². The first-order chi connectivity index (χ1) is 29.6. The van der Waals surface area contributed by atoms with E-state index in [4.69, 9.17) is 19.2 Å². The Labute approximate surface area is 375 Å². The highest BCUT2D eigenvalue weighted by Gasteiger charge is 2.55. The van der Waals surface area contributed by atoms with Gasteiger partial charge in [-0.05, 0) is 94.6 Å². The fourth-order valence-electron chi connectivity index (χ4n) is 10.2. The Hall–Kier alpha value is -2.53. The molecule has 0 spiro atoms. The van der Waals surface area contributed by atoms with E-state index in [1.807, 2.05) is 27.7 Å². The van der Waals surface area contributed by atoms with Crippen LogP contribution in [-0.2, 0) is 35.3 Å². The number of phenols is 1. The van der Waals surface area contributed by atoms with Crippen LogP contribution < -0.4 is 0 Å². The third-order valence-electron chi connectivity index (χ3n) is 14.8. The monoisotopic (exact) mass is 873 g/mol. The fourth-order valence-corrected chi connectivity index (χ4v) is 10.2. The maximum atomic E-state index is 14.2. The number of ether oxygens (including phenoxy) is 2. The minimum absolute atomic E-state index is 0.0303. The van der Waals surface area contributed by atoms with Gasteiger partial charge in [-0.1, -0.05) is 150 Å². The number of hydrogen-bond acceptors (Lipinski definition) is 10. The molecule has 2 saturated heterocycles. The van der Waals surface area contributed by atoms with E-state index < -0.39 is 41.1 Å². The van der Waals surface area contributed by atoms with Crippen molar-refractivity contribution in [3.8, 4) is 5.75 Å². The molecule has 1 aromatic carbocycles. The standard InChI is InChI=1S/C52H88O10/c1-10-14-15-16-17-18-19-20-21-22-23-24-25-26-27-28-44(53)61-62-50(57)45-41(32-30-37(6)47(45)55)31-29-36(5)46(54)39(8)48(56)42(11-2)49-38(7)35-52(13-4,60-49)43-33-34-51(58,12-3)40(9)59-43/h30,32,36,38-40,42-43,46,49,54-55,58H,10-29,31,33-35H2,1-9H3/t36-,38+,39+,40+,42+,43-,46+,49+,51-,52+/m1/s1. The van der Waals surface area contributed by atoms with Crippen LogP contribution in [0.1, 0.15) is 225 Å². The van der Waals surface area contributed by atoms with E-state index in [9.17, 15) is 29.7 Å². The third kappa shape index (κ3) is 15.3. The van der Waals surface area contributed by atoms with Gasteiger partial charge in [0.15, 0.2) is 0 Å². The SMILES string of the molecule is CCCCCCCCCCCCCCCCCC(=O)OOC(=O)c1c(CC[C@@H](C)[C@H](O)[C@H](C)C(=O)[C@H](CC)[C@H]2O[C@](CC)([C@H]3CC[C@](O)(CC)[C@H](C)O3)C[C@@H]2C)ccc(C)c1O. The van der Waals surface area contributed by atoms with Crippen LogP contribution >= 0.6 is 0 Å². The van der Waals surface area contributed by atoms with Gasteiger partial charge in [0, 0.05) is 11.8 Å². The van der Waals surface area contributed by atoms with Gasteiger partial charge in [-0.2, -0.15) is 0 Å². The quantitative estimate of drug-likeness (QED) is 0.0403. The van der Waals surface area contributed by atoms with Crippen molar-refractivity contribution >= 4 is 17.7 Å². The van der Waals surface area contributed by atoms with Crippen molar-refractivity contribution in [1.29, 1.82) is 0 Å². The van der Waals surface area contributed by atoms with Crippen molar-refractivity contribution in [1.82, 2.24) is 0 Å². The number of aliphatic hydroxyl groups is 2. The number of phenolic OH excluding ortho intramolecular Hbond substituents is 1. The van der Waals surface area contributed by atoms with Crippen LogP contribution in [0.2, 0.25) is 0 Å². The van der Waals surface area contributed by atoms with Gasteiger partial charge in [0.1, 0.15) is 17.1 Å². The summed E-state index contributed by atoms with van der Waals surface area (Å²) in [6.45, 7) is 17.8. The summed E-state index contributed by atoms with van der Waals surface area (Å²) in [5, 5.41) is 33.5. The maximum absolute atomic E-state index is 14.2. The lowest BCUT2D eigenvalue weighted by atomic mass is 9.76. The molecular weight excluding hydrogens is 785 g/mol. The van der Waals surface area contributed by atoms with Gasteiger partial charge in [0.25, 0.3) is 0 Å². The first kappa shape index (κ1) is 53.8. The topological polar surface area (TPSA) is 149 Å². The molecule has 0 aliphatic carbocycles. The van der Waals surface area contributed by atoms with Crippen molar-refractivity contribution in [3.63, 3.8) is 0 Å². The molecule has 10 atom stereocenters. The number of benzene rings is 1. The van der Waals surface area contributed by atoms with E-state index in [0.29, 0.717) is 56.1 Å². The maximum Gasteiger partial charge on any atom is 0.390 e. The number of hydrogen-bond donors (Lipinski definition) is 3. The number of ketones is 1. The van der Waals surface area contributed by atoms with Crippen molar-refractivity contribution in [2.75, 3.05) is 0 Å². The van der Waals surface area contributed by atoms with Crippen LogP contribution in [-0.4, -0.2) is 68.7 Å². The summed E-state index contributed by atoms with van der Waals surface area (Å²) in [6.07, 6.45) is 21.6. The minimum Gasteiger partial charge on any atom is -0.507 e. The van der Waals surface area contributed by atoms with Crippen LogP contribution in [0.3, 0.4) is 0 Å². The molecular formula is C52H88O10. The predicted molar refractivity (Wildman–Crippen MR) is 246 cm³/mol. The van der Waals surface area contributed by atoms with Crippen molar-refractivity contribution < 1.29 is 49.0 Å². The van der Waals surface area contributed by atoms with Gasteiger partial charge in [-0.25, -0.2) is 19.4 Å². The van der Waals surface area contributed by atoms with Gasteiger partial charge < -0.3 is 24.8 Å². The average Bonchev–Trinajstić information content (AvgIpc) is 3.61. The third-order valence-corrected chi connectivity index (χ3v) is 14.8. The van der Waals surface area contributed by atoms with Gasteiger partial charge in [0.05, 0.1) is 42.0 Å². The molecule has 0 saturated carbocycles. The van der Waals surface area contributed by atoms with E-state index in [1.54, 1.807) is 26.0 Å². The Morgan fingerprint density at radius 3 is 1.95 bits per heavy atom. The summed E-state index contributed by atoms with van der Waals surface area (Å²) in [7, 11) is 0. The number of Topliss-reactive ketones (excluding diaryl/α,β-unsaturated/α-hetero) is 1. The van der Waals surface area contributed by atoms with E-state index >= 15 is 0 Å². The molecule has 3 rings (SSSR count). The first-order valence-electron chi connectivity index (χ1n) is 25.1. The van der Waals surface area contributed by atoms with E-state index in [1.165, 1.54) is 70.6 Å². The van der Waals surface area contributed by atoms with Gasteiger partial charge in [-0.3, -0.25) is 4.79 Å². The van der Waals surface area contributed by atoms with E-state index in [0.717, 1.165) is 32.1 Å². The van der Waals surface area contributed by atoms with Crippen LogP contribution in [0.4, 0.5) is 0 Å². The minimum atomic E-state index is -0.950. The average molecular weight is 873 g/mol. The highest BCUT2D eigenvalue weighted by molar-refractivity contribution is 5.94. The van der Waals surface area contributed by atoms with Crippen molar-refractivity contribution in [2.24, 2.45) is 23.7 Å². The number of aromatic hydroxyl groups is 1. The Bertz CT molecular complexity index is 1500. The van der Waals surface area contributed by atoms with E-state index in [-0.39, 0.29) is 53.7 Å². The van der Waals surface area contributed by atoms with Crippen LogP contribution in [0, 0.1) is 30.6 Å². The number of aliphatic hydroxyl groups excluding tert-OH is 1. The summed E-state index contributed by atoms with van der Waals surface area (Å²) in [6, 6.07) is 3.45. The number of aryl methyl sites for hydroxylation is 2. The Morgan fingerprint density at radius 2 is 1.42 bits per heavy atom. The van der Waals surface area contributed by atoms with Crippen LogP contribution in [0.5, 0.6) is 5.75 Å². The number of carbonyl (C=O) groups is 3. The number of unbranched alkanes of at least 4 members (excludes halogenated alkanes) is 14. The van der Waals surface area contributed by atoms with Gasteiger partial charge >= 0.3 is 11.9 Å². The Morgan fingerprint density at radius 1 is 0.839 bits per heavy atom. The number of carbonyl (C=O) groups excluding carboxylic acids is 3. The zero-order valence-corrected chi connectivity index (χ0v) is 40.4. The molecule has 1 aromatic rings. The molecule has 2 aliphatic heterocycles. The van der Waals surface area contributed by atoms with Crippen molar-refractivity contribution in [2.45, 2.75) is 252 Å².